The summed E-state index contributed by atoms with van der Waals surface area (Å²) in [5.41, 5.74) is 5.53. The first-order chi connectivity index (χ1) is 11.4. The van der Waals surface area contributed by atoms with E-state index >= 15 is 0 Å². The van der Waals surface area contributed by atoms with Gasteiger partial charge in [-0.05, 0) is 41.0 Å². The summed E-state index contributed by atoms with van der Waals surface area (Å²) in [6.07, 6.45) is 2.02. The molecule has 5 aromatic rings. The van der Waals surface area contributed by atoms with E-state index in [0.29, 0.717) is 0 Å². The standard InChI is InChI=1S/C22H19NO/c1-12-8-9-14-16-10-13(22(2,3)4)11-23-20(16)15-6-5-7-17-18(15)19(14)21(12)24-17/h5-11H,1-4H3. The minimum atomic E-state index is 0.0779. The number of aryl methyl sites for hydroxylation is 1. The summed E-state index contributed by atoms with van der Waals surface area (Å²) in [5.74, 6) is 0. The molecule has 0 amide bonds. The minimum absolute atomic E-state index is 0.0779. The lowest BCUT2D eigenvalue weighted by Gasteiger charge is -2.19. The van der Waals surface area contributed by atoms with Crippen molar-refractivity contribution in [1.82, 2.24) is 4.98 Å². The molecule has 0 unspecified atom stereocenters. The molecule has 5 rings (SSSR count). The van der Waals surface area contributed by atoms with Crippen LogP contribution in [0.5, 0.6) is 0 Å². The lowest BCUT2D eigenvalue weighted by molar-refractivity contribution is 0.589. The van der Waals surface area contributed by atoms with Crippen LogP contribution in [0.4, 0.5) is 0 Å². The maximum atomic E-state index is 6.19. The molecule has 2 heteroatoms. The van der Waals surface area contributed by atoms with Crippen LogP contribution in [0.1, 0.15) is 31.9 Å². The second kappa shape index (κ2) is 4.27. The number of rotatable bonds is 0. The van der Waals surface area contributed by atoms with E-state index in [1.165, 1.54) is 38.1 Å². The van der Waals surface area contributed by atoms with Gasteiger partial charge in [0.15, 0.2) is 0 Å². The van der Waals surface area contributed by atoms with E-state index in [0.717, 1.165) is 16.7 Å². The highest BCUT2D eigenvalue weighted by molar-refractivity contribution is 6.32. The highest BCUT2D eigenvalue weighted by Crippen LogP contribution is 2.43. The summed E-state index contributed by atoms with van der Waals surface area (Å²) in [5, 5.41) is 6.07. The van der Waals surface area contributed by atoms with E-state index in [-0.39, 0.29) is 5.41 Å². The molecule has 0 bridgehead atoms. The largest absolute Gasteiger partial charge is 0.456 e. The molecule has 2 heterocycles. The molecule has 0 aliphatic heterocycles. The second-order valence-corrected chi connectivity index (χ2v) is 7.79. The van der Waals surface area contributed by atoms with Crippen molar-refractivity contribution < 1.29 is 4.42 Å². The lowest BCUT2D eigenvalue weighted by Crippen LogP contribution is -2.11. The fourth-order valence-electron chi connectivity index (χ4n) is 3.77. The Bertz CT molecular complexity index is 1240. The van der Waals surface area contributed by atoms with Crippen LogP contribution in [-0.2, 0) is 5.41 Å². The van der Waals surface area contributed by atoms with E-state index in [1.54, 1.807) is 0 Å². The second-order valence-electron chi connectivity index (χ2n) is 7.79. The van der Waals surface area contributed by atoms with Crippen molar-refractivity contribution in [3.63, 3.8) is 0 Å². The van der Waals surface area contributed by atoms with Crippen molar-refractivity contribution in [3.05, 3.63) is 53.7 Å². The topological polar surface area (TPSA) is 26.0 Å². The van der Waals surface area contributed by atoms with Crippen molar-refractivity contribution in [1.29, 1.82) is 0 Å². The van der Waals surface area contributed by atoms with Crippen LogP contribution in [0, 0.1) is 6.92 Å². The van der Waals surface area contributed by atoms with Gasteiger partial charge in [-0.3, -0.25) is 4.98 Å². The zero-order valence-corrected chi connectivity index (χ0v) is 14.4. The van der Waals surface area contributed by atoms with Crippen LogP contribution in [0.3, 0.4) is 0 Å². The Kier molecular flexibility index (Phi) is 2.45. The van der Waals surface area contributed by atoms with Gasteiger partial charge in [0.1, 0.15) is 11.2 Å². The van der Waals surface area contributed by atoms with Gasteiger partial charge in [0.25, 0.3) is 0 Å². The maximum absolute atomic E-state index is 6.19. The average molecular weight is 313 g/mol. The number of furan rings is 1. The predicted molar refractivity (Wildman–Crippen MR) is 101 cm³/mol. The van der Waals surface area contributed by atoms with Gasteiger partial charge >= 0.3 is 0 Å². The number of fused-ring (bicyclic) bond motifs is 3. The predicted octanol–water partition coefficient (Wildman–Crippen LogP) is 6.33. The fourth-order valence-corrected chi connectivity index (χ4v) is 3.77. The molecule has 3 aromatic carbocycles. The van der Waals surface area contributed by atoms with E-state index in [2.05, 4.69) is 64.1 Å². The summed E-state index contributed by atoms with van der Waals surface area (Å²) < 4.78 is 6.19. The van der Waals surface area contributed by atoms with Gasteiger partial charge in [-0.15, -0.1) is 0 Å². The molecule has 0 spiro atoms. The number of hydrogen-bond acceptors (Lipinski definition) is 2. The van der Waals surface area contributed by atoms with Crippen molar-refractivity contribution in [2.75, 3.05) is 0 Å². The van der Waals surface area contributed by atoms with Gasteiger partial charge < -0.3 is 4.42 Å². The molecule has 0 radical (unpaired) electrons. The zero-order valence-electron chi connectivity index (χ0n) is 14.4. The maximum Gasteiger partial charge on any atom is 0.138 e. The summed E-state index contributed by atoms with van der Waals surface area (Å²) in [7, 11) is 0. The summed E-state index contributed by atoms with van der Waals surface area (Å²) in [6.45, 7) is 8.80. The highest BCUT2D eigenvalue weighted by Gasteiger charge is 2.21. The minimum Gasteiger partial charge on any atom is -0.456 e. The molecule has 24 heavy (non-hydrogen) atoms. The van der Waals surface area contributed by atoms with Crippen molar-refractivity contribution in [2.24, 2.45) is 0 Å². The number of pyridine rings is 1. The first kappa shape index (κ1) is 13.8. The number of hydrogen-bond donors (Lipinski definition) is 0. The molecular formula is C22H19NO. The molecule has 0 aliphatic carbocycles. The van der Waals surface area contributed by atoms with Gasteiger partial charge in [-0.1, -0.05) is 45.0 Å². The summed E-state index contributed by atoms with van der Waals surface area (Å²) >= 11 is 0. The SMILES string of the molecule is Cc1ccc2c3cc(C(C)(C)C)cnc3c3cccc4oc1c2c43. The Balaban J connectivity index is 2.12. The average Bonchev–Trinajstić information content (AvgIpc) is 2.95. The highest BCUT2D eigenvalue weighted by atomic mass is 16.3. The fraction of sp³-hybridized carbons (Fsp3) is 0.227. The van der Waals surface area contributed by atoms with Crippen molar-refractivity contribution >= 4 is 43.6 Å². The van der Waals surface area contributed by atoms with Crippen molar-refractivity contribution in [3.8, 4) is 0 Å². The molecule has 0 saturated carbocycles. The van der Waals surface area contributed by atoms with Crippen LogP contribution in [0.2, 0.25) is 0 Å². The molecule has 0 aliphatic rings. The molecule has 118 valence electrons. The number of benzene rings is 3. The molecule has 2 aromatic heterocycles. The Morgan fingerprint density at radius 3 is 2.54 bits per heavy atom. The van der Waals surface area contributed by atoms with Crippen LogP contribution in [0.15, 0.2) is 47.0 Å². The smallest absolute Gasteiger partial charge is 0.138 e. The van der Waals surface area contributed by atoms with E-state index in [1.807, 2.05) is 6.20 Å². The van der Waals surface area contributed by atoms with Crippen LogP contribution in [-0.4, -0.2) is 4.98 Å². The van der Waals surface area contributed by atoms with Gasteiger partial charge in [0, 0.05) is 27.7 Å². The lowest BCUT2D eigenvalue weighted by atomic mass is 9.86. The van der Waals surface area contributed by atoms with E-state index in [9.17, 15) is 0 Å². The third-order valence-electron chi connectivity index (χ3n) is 5.14. The molecule has 0 saturated heterocycles. The Labute approximate surface area is 140 Å². The third-order valence-corrected chi connectivity index (χ3v) is 5.14. The summed E-state index contributed by atoms with van der Waals surface area (Å²) in [6, 6.07) is 12.9. The Morgan fingerprint density at radius 1 is 0.917 bits per heavy atom. The molecule has 0 N–H and O–H groups in total. The zero-order chi connectivity index (χ0) is 16.6. The van der Waals surface area contributed by atoms with E-state index < -0.39 is 0 Å². The van der Waals surface area contributed by atoms with Gasteiger partial charge in [0.2, 0.25) is 0 Å². The van der Waals surface area contributed by atoms with E-state index in [4.69, 9.17) is 9.40 Å². The third kappa shape index (κ3) is 1.63. The summed E-state index contributed by atoms with van der Waals surface area (Å²) in [4.78, 5) is 4.86. The first-order valence-corrected chi connectivity index (χ1v) is 8.41. The normalized spacial score (nSPS) is 13.0. The number of nitrogens with zero attached hydrogens (tertiary/aromatic N) is 1. The van der Waals surface area contributed by atoms with Gasteiger partial charge in [0.05, 0.1) is 5.52 Å². The van der Waals surface area contributed by atoms with Crippen LogP contribution < -0.4 is 0 Å². The Morgan fingerprint density at radius 2 is 1.75 bits per heavy atom. The quantitative estimate of drug-likeness (QED) is 0.312. The van der Waals surface area contributed by atoms with Crippen LogP contribution in [0.25, 0.3) is 43.6 Å². The van der Waals surface area contributed by atoms with Crippen molar-refractivity contribution in [2.45, 2.75) is 33.1 Å². The molecule has 0 atom stereocenters. The van der Waals surface area contributed by atoms with Gasteiger partial charge in [-0.2, -0.15) is 0 Å². The molecule has 2 nitrogen and oxygen atoms in total. The molecular weight excluding hydrogens is 294 g/mol. The number of aromatic nitrogens is 1. The Hall–Kier alpha value is -2.61. The first-order valence-electron chi connectivity index (χ1n) is 8.41. The molecule has 0 fully saturated rings. The van der Waals surface area contributed by atoms with Crippen LogP contribution >= 0.6 is 0 Å². The monoisotopic (exact) mass is 313 g/mol. The van der Waals surface area contributed by atoms with Gasteiger partial charge in [-0.25, -0.2) is 0 Å².